The van der Waals surface area contributed by atoms with Crippen LogP contribution in [0.4, 0.5) is 5.69 Å². The van der Waals surface area contributed by atoms with Gasteiger partial charge < -0.3 is 20.3 Å². The van der Waals surface area contributed by atoms with E-state index in [9.17, 15) is 33.2 Å². The molecule has 1 heterocycles. The first-order valence-electron chi connectivity index (χ1n) is 7.34. The van der Waals surface area contributed by atoms with Crippen molar-refractivity contribution in [1.29, 1.82) is 0 Å². The highest BCUT2D eigenvalue weighted by Crippen LogP contribution is 2.35. The number of aliphatic hydroxyl groups excluding tert-OH is 1. The molecule has 0 aromatic heterocycles. The zero-order valence-electron chi connectivity index (χ0n) is 13.3. The molecule has 3 unspecified atom stereocenters. The molecule has 1 aromatic carbocycles. The number of non-ortho nitro benzene ring substituents is 1. The van der Waals surface area contributed by atoms with Crippen LogP contribution in [-0.2, 0) is 30.6 Å². The van der Waals surface area contributed by atoms with Gasteiger partial charge in [-0.3, -0.25) is 19.7 Å². The monoisotopic (exact) mass is 388 g/mol. The van der Waals surface area contributed by atoms with Gasteiger partial charge in [-0.2, -0.15) is 0 Å². The number of nitrogens with zero attached hydrogens (tertiary/aromatic N) is 1. The van der Waals surface area contributed by atoms with Gasteiger partial charge in [-0.25, -0.2) is 8.42 Å². The number of nitro benzene ring substituents is 1. The number of benzene rings is 1. The average molecular weight is 388 g/mol. The molecule has 0 radical (unpaired) electrons. The predicted molar refractivity (Wildman–Crippen MR) is 85.2 cm³/mol. The van der Waals surface area contributed by atoms with E-state index in [0.29, 0.717) is 0 Å². The van der Waals surface area contributed by atoms with Gasteiger partial charge in [-0.05, 0) is 5.56 Å². The summed E-state index contributed by atoms with van der Waals surface area (Å²) in [5, 5.41) is 30.7. The summed E-state index contributed by atoms with van der Waals surface area (Å²) in [6.07, 6.45) is -0.465. The van der Waals surface area contributed by atoms with Gasteiger partial charge in [0, 0.05) is 18.6 Å². The fraction of sp³-hybridized carbons (Fsp3) is 0.429. The van der Waals surface area contributed by atoms with Crippen LogP contribution in [0.1, 0.15) is 5.56 Å². The number of nitro groups is 1. The predicted octanol–water partition coefficient (Wildman–Crippen LogP) is -1.52. The number of rotatable bonds is 9. The third kappa shape index (κ3) is 3.81. The van der Waals surface area contributed by atoms with E-state index in [1.807, 2.05) is 0 Å². The maximum absolute atomic E-state index is 12.1. The Bertz CT molecular complexity index is 808. The van der Waals surface area contributed by atoms with Gasteiger partial charge in [-0.1, -0.05) is 12.1 Å². The molecule has 0 aliphatic carbocycles. The molecule has 0 saturated carbocycles. The first kappa shape index (κ1) is 19.8. The van der Waals surface area contributed by atoms with Crippen LogP contribution in [0.25, 0.3) is 0 Å². The van der Waals surface area contributed by atoms with E-state index in [2.05, 4.69) is 10.1 Å². The van der Waals surface area contributed by atoms with Crippen LogP contribution in [-0.4, -0.2) is 59.5 Å². The molecular formula is C14H16N2O9S. The SMILES string of the molecule is O=COC(O)(Cc1ccc([N+](=O)[O-])cc1)C1C(=O)NC1S(=O)(=O)CCO. The van der Waals surface area contributed by atoms with Crippen molar-refractivity contribution in [2.24, 2.45) is 5.92 Å². The van der Waals surface area contributed by atoms with E-state index in [-0.39, 0.29) is 17.7 Å². The normalized spacial score (nSPS) is 21.8. The number of amides is 1. The molecule has 1 amide bonds. The molecule has 3 N–H and O–H groups in total. The van der Waals surface area contributed by atoms with E-state index >= 15 is 0 Å². The lowest BCUT2D eigenvalue weighted by Crippen LogP contribution is -2.70. The van der Waals surface area contributed by atoms with E-state index in [1.54, 1.807) is 0 Å². The minimum absolute atomic E-state index is 0.118. The molecule has 2 rings (SSSR count). The highest BCUT2D eigenvalue weighted by Gasteiger charge is 2.59. The minimum atomic E-state index is -3.99. The van der Waals surface area contributed by atoms with Crippen molar-refractivity contribution in [1.82, 2.24) is 5.32 Å². The molecule has 11 nitrogen and oxygen atoms in total. The van der Waals surface area contributed by atoms with Crippen molar-refractivity contribution < 1.29 is 37.9 Å². The van der Waals surface area contributed by atoms with Gasteiger partial charge in [0.1, 0.15) is 11.3 Å². The number of carbonyl (C=O) groups is 2. The summed E-state index contributed by atoms with van der Waals surface area (Å²) in [6.45, 7) is -0.802. The molecule has 1 fully saturated rings. The Morgan fingerprint density at radius 1 is 1.35 bits per heavy atom. The Labute approximate surface area is 147 Å². The van der Waals surface area contributed by atoms with Crippen LogP contribution in [0.5, 0.6) is 0 Å². The zero-order valence-corrected chi connectivity index (χ0v) is 14.1. The molecule has 26 heavy (non-hydrogen) atoms. The highest BCUT2D eigenvalue weighted by molar-refractivity contribution is 7.92. The molecule has 1 aliphatic heterocycles. The summed E-state index contributed by atoms with van der Waals surface area (Å²) in [5.41, 5.74) is 0.0661. The Morgan fingerprint density at radius 3 is 2.42 bits per heavy atom. The van der Waals surface area contributed by atoms with Gasteiger partial charge in [-0.15, -0.1) is 0 Å². The van der Waals surface area contributed by atoms with Crippen molar-refractivity contribution in [3.05, 3.63) is 39.9 Å². The van der Waals surface area contributed by atoms with Crippen molar-refractivity contribution >= 4 is 27.9 Å². The zero-order chi connectivity index (χ0) is 19.5. The lowest BCUT2D eigenvalue weighted by molar-refractivity contribution is -0.384. The fourth-order valence-corrected chi connectivity index (χ4v) is 4.24. The van der Waals surface area contributed by atoms with Gasteiger partial charge in [0.15, 0.2) is 9.84 Å². The topological polar surface area (TPSA) is 173 Å². The molecule has 142 valence electrons. The molecule has 0 bridgehead atoms. The van der Waals surface area contributed by atoms with Crippen LogP contribution in [0.2, 0.25) is 0 Å². The molecule has 3 atom stereocenters. The number of hydrogen-bond donors (Lipinski definition) is 3. The lowest BCUT2D eigenvalue weighted by Gasteiger charge is -2.44. The summed E-state index contributed by atoms with van der Waals surface area (Å²) in [5.74, 6) is -5.58. The van der Waals surface area contributed by atoms with Crippen LogP contribution < -0.4 is 5.32 Å². The average Bonchev–Trinajstić information content (AvgIpc) is 2.52. The first-order chi connectivity index (χ1) is 12.1. The highest BCUT2D eigenvalue weighted by atomic mass is 32.2. The van der Waals surface area contributed by atoms with Gasteiger partial charge in [0.05, 0.1) is 17.3 Å². The second kappa shape index (κ2) is 7.35. The van der Waals surface area contributed by atoms with Crippen LogP contribution in [0.3, 0.4) is 0 Å². The summed E-state index contributed by atoms with van der Waals surface area (Å²) in [6, 6.07) is 4.87. The van der Waals surface area contributed by atoms with Crippen molar-refractivity contribution in [3.63, 3.8) is 0 Å². The molecule has 1 aromatic rings. The molecule has 1 aliphatic rings. The standard InChI is InChI=1S/C14H16N2O9S/c17-5-6-26(23,24)13-11(12(19)15-13)14(20,25-8-18)7-9-1-3-10(4-2-9)16(21)22/h1-4,8,11,13,17,20H,5-7H2,(H,15,19). The smallest absolute Gasteiger partial charge is 0.295 e. The van der Waals surface area contributed by atoms with Gasteiger partial charge in [0.25, 0.3) is 12.2 Å². The molecule has 0 spiro atoms. The van der Waals surface area contributed by atoms with Crippen molar-refractivity contribution in [2.75, 3.05) is 12.4 Å². The van der Waals surface area contributed by atoms with Crippen molar-refractivity contribution in [2.45, 2.75) is 17.6 Å². The second-order valence-corrected chi connectivity index (χ2v) is 7.90. The van der Waals surface area contributed by atoms with Gasteiger partial charge in [0.2, 0.25) is 11.7 Å². The summed E-state index contributed by atoms with van der Waals surface area (Å²) in [7, 11) is -3.99. The Balaban J connectivity index is 2.31. The number of β-lactam (4-membered cyclic amide) rings is 1. The van der Waals surface area contributed by atoms with E-state index in [0.717, 1.165) is 12.1 Å². The van der Waals surface area contributed by atoms with Gasteiger partial charge >= 0.3 is 0 Å². The number of sulfone groups is 1. The van der Waals surface area contributed by atoms with Crippen LogP contribution >= 0.6 is 0 Å². The number of aliphatic hydroxyl groups is 2. The first-order valence-corrected chi connectivity index (χ1v) is 9.06. The van der Waals surface area contributed by atoms with E-state index in [4.69, 9.17) is 5.11 Å². The van der Waals surface area contributed by atoms with E-state index < -0.39 is 56.5 Å². The maximum Gasteiger partial charge on any atom is 0.295 e. The number of nitrogens with one attached hydrogen (secondary N) is 1. The second-order valence-electron chi connectivity index (χ2n) is 5.66. The molecule has 12 heteroatoms. The minimum Gasteiger partial charge on any atom is -0.434 e. The number of hydrogen-bond acceptors (Lipinski definition) is 9. The number of ether oxygens (including phenoxy) is 1. The van der Waals surface area contributed by atoms with Crippen LogP contribution in [0.15, 0.2) is 24.3 Å². The Hall–Kier alpha value is -2.57. The Morgan fingerprint density at radius 2 is 1.96 bits per heavy atom. The third-order valence-electron chi connectivity index (χ3n) is 3.98. The van der Waals surface area contributed by atoms with E-state index in [1.165, 1.54) is 12.1 Å². The fourth-order valence-electron chi connectivity index (χ4n) is 2.68. The maximum atomic E-state index is 12.1. The molecule has 1 saturated heterocycles. The quantitative estimate of drug-likeness (QED) is 0.149. The largest absolute Gasteiger partial charge is 0.434 e. The Kier molecular flexibility index (Phi) is 5.59. The third-order valence-corrected chi connectivity index (χ3v) is 5.89. The summed E-state index contributed by atoms with van der Waals surface area (Å²) in [4.78, 5) is 32.7. The summed E-state index contributed by atoms with van der Waals surface area (Å²) < 4.78 is 28.8. The summed E-state index contributed by atoms with van der Waals surface area (Å²) >= 11 is 0. The molecular weight excluding hydrogens is 372 g/mol. The van der Waals surface area contributed by atoms with Crippen LogP contribution in [0, 0.1) is 16.0 Å². The van der Waals surface area contributed by atoms with Crippen molar-refractivity contribution in [3.8, 4) is 0 Å². The lowest BCUT2D eigenvalue weighted by atomic mass is 9.86. The number of carbonyl (C=O) groups excluding carboxylic acids is 2.